The highest BCUT2D eigenvalue weighted by Gasteiger charge is 2.21. The SMILES string of the molecule is c1ccc2c(c1)Cc1cc(-c3ccc4c(c3)[Si]c3cccnc3O4)cnc1O2. The lowest BCUT2D eigenvalue weighted by Gasteiger charge is -2.21. The van der Waals surface area contributed by atoms with E-state index in [0.29, 0.717) is 21.3 Å². The van der Waals surface area contributed by atoms with Crippen LogP contribution in [-0.2, 0) is 6.42 Å². The van der Waals surface area contributed by atoms with Gasteiger partial charge in [0.25, 0.3) is 0 Å². The highest BCUT2D eigenvalue weighted by Crippen LogP contribution is 2.36. The normalized spacial score (nSPS) is 13.3. The number of hydrogen-bond acceptors (Lipinski definition) is 4. The molecule has 4 heterocycles. The summed E-state index contributed by atoms with van der Waals surface area (Å²) in [7, 11) is 0.535. The number of rotatable bonds is 1. The highest BCUT2D eigenvalue weighted by atomic mass is 28.2. The van der Waals surface area contributed by atoms with Crippen molar-refractivity contribution in [1.29, 1.82) is 0 Å². The first-order valence-corrected chi connectivity index (χ1v) is 10.1. The fraction of sp³-hybridized carbons (Fsp3) is 0.0435. The monoisotopic (exact) mass is 378 g/mol. The maximum Gasteiger partial charge on any atom is 0.222 e. The Morgan fingerprint density at radius 1 is 0.714 bits per heavy atom. The Kier molecular flexibility index (Phi) is 3.36. The average Bonchev–Trinajstić information content (AvgIpc) is 2.75. The number of aromatic nitrogens is 2. The second-order valence-electron chi connectivity index (χ2n) is 6.87. The van der Waals surface area contributed by atoms with Gasteiger partial charge in [0, 0.05) is 35.1 Å². The van der Waals surface area contributed by atoms with Gasteiger partial charge in [0.2, 0.25) is 11.8 Å². The Morgan fingerprint density at radius 3 is 2.64 bits per heavy atom. The van der Waals surface area contributed by atoms with Crippen LogP contribution in [0.5, 0.6) is 23.3 Å². The molecule has 0 atom stereocenters. The molecule has 0 spiro atoms. The minimum atomic E-state index is 0.535. The summed E-state index contributed by atoms with van der Waals surface area (Å²) in [6, 6.07) is 20.6. The third kappa shape index (κ3) is 2.52. The largest absolute Gasteiger partial charge is 0.439 e. The molecule has 2 aromatic carbocycles. The lowest BCUT2D eigenvalue weighted by atomic mass is 9.99. The molecule has 0 amide bonds. The third-order valence-electron chi connectivity index (χ3n) is 5.05. The molecule has 28 heavy (non-hydrogen) atoms. The maximum atomic E-state index is 5.96. The quantitative estimate of drug-likeness (QED) is 0.410. The molecule has 0 unspecified atom stereocenters. The Balaban J connectivity index is 1.36. The van der Waals surface area contributed by atoms with Crippen molar-refractivity contribution in [3.8, 4) is 34.4 Å². The predicted molar refractivity (Wildman–Crippen MR) is 108 cm³/mol. The molecule has 0 bridgehead atoms. The molecule has 6 rings (SSSR count). The summed E-state index contributed by atoms with van der Waals surface area (Å²) in [5.74, 6) is 3.20. The minimum Gasteiger partial charge on any atom is -0.439 e. The topological polar surface area (TPSA) is 44.2 Å². The number of pyridine rings is 2. The van der Waals surface area contributed by atoms with Gasteiger partial charge in [0.05, 0.1) is 0 Å². The Bertz CT molecular complexity index is 1140. The molecular formula is C23H14N2O2Si. The van der Waals surface area contributed by atoms with Gasteiger partial charge in [0.1, 0.15) is 21.0 Å². The second kappa shape index (κ2) is 6.04. The zero-order chi connectivity index (χ0) is 18.5. The first kappa shape index (κ1) is 15.6. The molecule has 2 radical (unpaired) electrons. The molecule has 132 valence electrons. The van der Waals surface area contributed by atoms with Crippen LogP contribution in [0.4, 0.5) is 0 Å². The van der Waals surface area contributed by atoms with E-state index in [-0.39, 0.29) is 0 Å². The fourth-order valence-corrected chi connectivity index (χ4v) is 4.82. The van der Waals surface area contributed by atoms with E-state index < -0.39 is 0 Å². The molecule has 0 aliphatic carbocycles. The van der Waals surface area contributed by atoms with Crippen LogP contribution in [-0.4, -0.2) is 19.5 Å². The Hall–Kier alpha value is -3.44. The van der Waals surface area contributed by atoms with E-state index in [9.17, 15) is 0 Å². The number of benzene rings is 2. The van der Waals surface area contributed by atoms with Gasteiger partial charge < -0.3 is 9.47 Å². The Morgan fingerprint density at radius 2 is 1.64 bits per heavy atom. The van der Waals surface area contributed by atoms with E-state index in [4.69, 9.17) is 9.47 Å². The van der Waals surface area contributed by atoms with Crippen LogP contribution in [0, 0.1) is 0 Å². The lowest BCUT2D eigenvalue weighted by Crippen LogP contribution is -2.34. The second-order valence-corrected chi connectivity index (χ2v) is 8.20. The standard InChI is InChI=1S/C23H14N2O2Si/c1-2-5-18-15(4-1)10-16-11-17(13-25-22(16)26-18)14-7-8-19-21(12-14)28-20-6-3-9-24-23(20)27-19/h1-9,11-13H,10H2. The molecule has 2 aliphatic rings. The number of ether oxygens (including phenoxy) is 2. The van der Waals surface area contributed by atoms with Crippen molar-refractivity contribution in [2.45, 2.75) is 6.42 Å². The highest BCUT2D eigenvalue weighted by molar-refractivity contribution is 6.69. The molecule has 0 fully saturated rings. The van der Waals surface area contributed by atoms with Gasteiger partial charge >= 0.3 is 0 Å². The van der Waals surface area contributed by atoms with Crippen LogP contribution < -0.4 is 19.8 Å². The average molecular weight is 378 g/mol. The molecular weight excluding hydrogens is 364 g/mol. The third-order valence-corrected chi connectivity index (χ3v) is 6.36. The van der Waals surface area contributed by atoms with Crippen LogP contribution in [0.2, 0.25) is 0 Å². The summed E-state index contributed by atoms with van der Waals surface area (Å²) in [5.41, 5.74) is 4.53. The zero-order valence-corrected chi connectivity index (χ0v) is 15.8. The van der Waals surface area contributed by atoms with Crippen LogP contribution in [0.1, 0.15) is 11.1 Å². The number of nitrogens with zero attached hydrogens (tertiary/aromatic N) is 2. The molecule has 0 saturated heterocycles. The van der Waals surface area contributed by atoms with Gasteiger partial charge in [-0.15, -0.1) is 0 Å². The summed E-state index contributed by atoms with van der Waals surface area (Å²) >= 11 is 0. The number of hydrogen-bond donors (Lipinski definition) is 0. The summed E-state index contributed by atoms with van der Waals surface area (Å²) in [6.07, 6.45) is 4.49. The van der Waals surface area contributed by atoms with Crippen LogP contribution in [0.3, 0.4) is 0 Å². The van der Waals surface area contributed by atoms with E-state index in [1.807, 2.05) is 36.5 Å². The first-order valence-electron chi connectivity index (χ1n) is 9.12. The summed E-state index contributed by atoms with van der Waals surface area (Å²) in [6.45, 7) is 0. The number of fused-ring (bicyclic) bond motifs is 4. The first-order chi connectivity index (χ1) is 13.8. The van der Waals surface area contributed by atoms with Crippen molar-refractivity contribution in [3.05, 3.63) is 84.2 Å². The predicted octanol–water partition coefficient (Wildman–Crippen LogP) is 3.60. The molecule has 4 aromatic rings. The molecule has 4 nitrogen and oxygen atoms in total. The van der Waals surface area contributed by atoms with Crippen LogP contribution in [0.15, 0.2) is 73.1 Å². The summed E-state index contributed by atoms with van der Waals surface area (Å²) < 4.78 is 11.9. The Labute approximate surface area is 164 Å². The minimum absolute atomic E-state index is 0.535. The lowest BCUT2D eigenvalue weighted by molar-refractivity contribution is 0.441. The van der Waals surface area contributed by atoms with Gasteiger partial charge in [-0.2, -0.15) is 0 Å². The van der Waals surface area contributed by atoms with Crippen LogP contribution >= 0.6 is 0 Å². The van der Waals surface area contributed by atoms with Gasteiger partial charge in [-0.05, 0) is 40.6 Å². The van der Waals surface area contributed by atoms with Crippen molar-refractivity contribution >= 4 is 19.9 Å². The van der Waals surface area contributed by atoms with E-state index in [0.717, 1.165) is 39.8 Å². The smallest absolute Gasteiger partial charge is 0.222 e. The van der Waals surface area contributed by atoms with Gasteiger partial charge in [0.15, 0.2) is 0 Å². The molecule has 2 aliphatic heterocycles. The van der Waals surface area contributed by atoms with Crippen LogP contribution in [0.25, 0.3) is 11.1 Å². The van der Waals surface area contributed by atoms with Crippen molar-refractivity contribution < 1.29 is 9.47 Å². The molecule has 0 N–H and O–H groups in total. The van der Waals surface area contributed by atoms with Gasteiger partial charge in [-0.1, -0.05) is 36.4 Å². The maximum absolute atomic E-state index is 5.96. The van der Waals surface area contributed by atoms with E-state index in [1.165, 1.54) is 10.8 Å². The van der Waals surface area contributed by atoms with Crippen molar-refractivity contribution in [3.63, 3.8) is 0 Å². The van der Waals surface area contributed by atoms with Gasteiger partial charge in [-0.3, -0.25) is 0 Å². The van der Waals surface area contributed by atoms with Gasteiger partial charge in [-0.25, -0.2) is 9.97 Å². The molecule has 2 aromatic heterocycles. The zero-order valence-electron chi connectivity index (χ0n) is 14.8. The molecule has 0 saturated carbocycles. The fourth-order valence-electron chi connectivity index (χ4n) is 3.65. The number of para-hydroxylation sites is 1. The van der Waals surface area contributed by atoms with Crippen molar-refractivity contribution in [1.82, 2.24) is 9.97 Å². The summed E-state index contributed by atoms with van der Waals surface area (Å²) in [4.78, 5) is 8.91. The molecule has 5 heteroatoms. The van der Waals surface area contributed by atoms with Crippen molar-refractivity contribution in [2.75, 3.05) is 0 Å². The van der Waals surface area contributed by atoms with E-state index in [1.54, 1.807) is 6.20 Å². The van der Waals surface area contributed by atoms with E-state index in [2.05, 4.69) is 40.3 Å². The van der Waals surface area contributed by atoms with E-state index >= 15 is 0 Å². The summed E-state index contributed by atoms with van der Waals surface area (Å²) in [5, 5.41) is 2.33. The van der Waals surface area contributed by atoms with Crippen molar-refractivity contribution in [2.24, 2.45) is 0 Å².